The highest BCUT2D eigenvalue weighted by atomic mass is 16.5. The van der Waals surface area contributed by atoms with Crippen molar-refractivity contribution in [3.8, 4) is 5.75 Å². The Morgan fingerprint density at radius 3 is 2.89 bits per heavy atom. The van der Waals surface area contributed by atoms with Crippen LogP contribution in [0.2, 0.25) is 0 Å². The summed E-state index contributed by atoms with van der Waals surface area (Å²) in [5.41, 5.74) is 3.61. The standard InChI is InChI=1S/C22H30N2O3/c1-17(25)24-13-14-27-21-9-7-19(15-20(21)16-24)8-10-22(26)23-12-11-18-5-3-2-4-6-18/h5,7,9,15H,2-4,6,8,10-14,16H2,1H3,(H,23,26). The number of rotatable bonds is 6. The van der Waals surface area contributed by atoms with Gasteiger partial charge in [0, 0.05) is 32.0 Å². The van der Waals surface area contributed by atoms with E-state index in [0.29, 0.717) is 32.5 Å². The van der Waals surface area contributed by atoms with Crippen molar-refractivity contribution in [2.45, 2.75) is 58.4 Å². The van der Waals surface area contributed by atoms with Crippen molar-refractivity contribution in [2.24, 2.45) is 0 Å². The highest BCUT2D eigenvalue weighted by Crippen LogP contribution is 2.25. The molecule has 0 radical (unpaired) electrons. The fourth-order valence-corrected chi connectivity index (χ4v) is 3.71. The van der Waals surface area contributed by atoms with E-state index in [1.54, 1.807) is 11.8 Å². The minimum absolute atomic E-state index is 0.0595. The first-order chi connectivity index (χ1) is 13.1. The number of aryl methyl sites for hydroxylation is 1. The monoisotopic (exact) mass is 370 g/mol. The average molecular weight is 370 g/mol. The Bertz CT molecular complexity index is 712. The first-order valence-corrected chi connectivity index (χ1v) is 10.1. The van der Waals surface area contributed by atoms with Crippen LogP contribution in [0.3, 0.4) is 0 Å². The predicted molar refractivity (Wildman–Crippen MR) is 106 cm³/mol. The van der Waals surface area contributed by atoms with Gasteiger partial charge in [0.2, 0.25) is 11.8 Å². The maximum atomic E-state index is 12.1. The number of nitrogens with one attached hydrogen (secondary N) is 1. The minimum Gasteiger partial charge on any atom is -0.491 e. The van der Waals surface area contributed by atoms with Crippen molar-refractivity contribution in [1.29, 1.82) is 0 Å². The molecule has 0 bridgehead atoms. The summed E-state index contributed by atoms with van der Waals surface area (Å²) in [6.45, 7) is 4.02. The Hall–Kier alpha value is -2.30. The lowest BCUT2D eigenvalue weighted by atomic mass is 9.97. The van der Waals surface area contributed by atoms with Crippen LogP contribution in [0, 0.1) is 0 Å². The Labute approximate surface area is 161 Å². The Morgan fingerprint density at radius 1 is 1.22 bits per heavy atom. The molecule has 2 amide bonds. The zero-order chi connectivity index (χ0) is 19.1. The second kappa shape index (κ2) is 9.58. The lowest BCUT2D eigenvalue weighted by molar-refractivity contribution is -0.129. The van der Waals surface area contributed by atoms with Crippen LogP contribution >= 0.6 is 0 Å². The van der Waals surface area contributed by atoms with Gasteiger partial charge < -0.3 is 15.0 Å². The van der Waals surface area contributed by atoms with Gasteiger partial charge in [0.1, 0.15) is 12.4 Å². The molecule has 146 valence electrons. The first-order valence-electron chi connectivity index (χ1n) is 10.1. The number of allylic oxidation sites excluding steroid dienone is 1. The number of fused-ring (bicyclic) bond motifs is 1. The van der Waals surface area contributed by atoms with Crippen molar-refractivity contribution in [3.05, 3.63) is 41.0 Å². The van der Waals surface area contributed by atoms with Gasteiger partial charge in [-0.05, 0) is 50.2 Å². The van der Waals surface area contributed by atoms with Crippen molar-refractivity contribution < 1.29 is 14.3 Å². The fourth-order valence-electron chi connectivity index (χ4n) is 3.71. The second-order valence-corrected chi connectivity index (χ2v) is 7.44. The molecule has 0 saturated carbocycles. The third kappa shape index (κ3) is 5.84. The molecule has 0 unspecified atom stereocenters. The van der Waals surface area contributed by atoms with Crippen LogP contribution in [0.4, 0.5) is 0 Å². The van der Waals surface area contributed by atoms with E-state index in [0.717, 1.165) is 29.8 Å². The smallest absolute Gasteiger partial charge is 0.220 e. The highest BCUT2D eigenvalue weighted by molar-refractivity contribution is 5.76. The predicted octanol–water partition coefficient (Wildman–Crippen LogP) is 3.37. The van der Waals surface area contributed by atoms with Gasteiger partial charge in [0.05, 0.1) is 6.54 Å². The number of hydrogen-bond acceptors (Lipinski definition) is 3. The molecule has 1 aliphatic heterocycles. The van der Waals surface area contributed by atoms with Crippen LogP contribution < -0.4 is 10.1 Å². The van der Waals surface area contributed by atoms with Crippen molar-refractivity contribution in [3.63, 3.8) is 0 Å². The van der Waals surface area contributed by atoms with Crippen LogP contribution in [0.25, 0.3) is 0 Å². The first kappa shape index (κ1) is 19.5. The van der Waals surface area contributed by atoms with E-state index in [2.05, 4.69) is 17.5 Å². The number of carbonyl (C=O) groups is 2. The number of hydrogen-bond donors (Lipinski definition) is 1. The van der Waals surface area contributed by atoms with Crippen LogP contribution in [0.15, 0.2) is 29.8 Å². The van der Waals surface area contributed by atoms with Gasteiger partial charge in [-0.3, -0.25) is 9.59 Å². The number of ether oxygens (including phenoxy) is 1. The van der Waals surface area contributed by atoms with Crippen LogP contribution in [0.5, 0.6) is 5.75 Å². The lowest BCUT2D eigenvalue weighted by Crippen LogP contribution is -2.30. The number of carbonyl (C=O) groups excluding carboxylic acids is 2. The van der Waals surface area contributed by atoms with Gasteiger partial charge in [-0.25, -0.2) is 0 Å². The van der Waals surface area contributed by atoms with Gasteiger partial charge in [-0.15, -0.1) is 0 Å². The van der Waals surface area contributed by atoms with Crippen molar-refractivity contribution in [2.75, 3.05) is 19.7 Å². The number of nitrogens with zero attached hydrogens (tertiary/aromatic N) is 1. The lowest BCUT2D eigenvalue weighted by Gasteiger charge is -2.17. The Kier molecular flexibility index (Phi) is 6.91. The quantitative estimate of drug-likeness (QED) is 0.781. The van der Waals surface area contributed by atoms with E-state index in [4.69, 9.17) is 4.74 Å². The summed E-state index contributed by atoms with van der Waals surface area (Å²) in [5.74, 6) is 1.000. The molecule has 2 aliphatic rings. The molecule has 1 N–H and O–H groups in total. The molecule has 0 atom stereocenters. The normalized spacial score (nSPS) is 16.6. The zero-order valence-corrected chi connectivity index (χ0v) is 16.3. The topological polar surface area (TPSA) is 58.6 Å². The molecule has 1 heterocycles. The molecule has 5 heteroatoms. The van der Waals surface area contributed by atoms with Crippen LogP contribution in [0.1, 0.15) is 56.6 Å². The third-order valence-corrected chi connectivity index (χ3v) is 5.34. The van der Waals surface area contributed by atoms with Crippen molar-refractivity contribution in [1.82, 2.24) is 10.2 Å². The molecule has 1 aromatic carbocycles. The Morgan fingerprint density at radius 2 is 2.11 bits per heavy atom. The molecule has 3 rings (SSSR count). The van der Waals surface area contributed by atoms with E-state index in [1.807, 2.05) is 12.1 Å². The minimum atomic E-state index is 0.0595. The summed E-state index contributed by atoms with van der Waals surface area (Å²) in [4.78, 5) is 25.6. The second-order valence-electron chi connectivity index (χ2n) is 7.44. The molecule has 5 nitrogen and oxygen atoms in total. The molecule has 0 fully saturated rings. The fraction of sp³-hybridized carbons (Fsp3) is 0.545. The van der Waals surface area contributed by atoms with Crippen LogP contribution in [-0.4, -0.2) is 36.4 Å². The summed E-state index contributed by atoms with van der Waals surface area (Å²) in [5, 5.41) is 3.04. The summed E-state index contributed by atoms with van der Waals surface area (Å²) >= 11 is 0. The number of benzene rings is 1. The SMILES string of the molecule is CC(=O)N1CCOc2ccc(CCC(=O)NCCC3=CCCCC3)cc2C1. The average Bonchev–Trinajstić information content (AvgIpc) is 2.89. The van der Waals surface area contributed by atoms with Gasteiger partial charge in [0.15, 0.2) is 0 Å². The van der Waals surface area contributed by atoms with E-state index < -0.39 is 0 Å². The molecular weight excluding hydrogens is 340 g/mol. The largest absolute Gasteiger partial charge is 0.491 e. The molecule has 27 heavy (non-hydrogen) atoms. The summed E-state index contributed by atoms with van der Waals surface area (Å²) in [6, 6.07) is 6.04. The molecule has 0 spiro atoms. The summed E-state index contributed by atoms with van der Waals surface area (Å²) < 4.78 is 5.74. The maximum absolute atomic E-state index is 12.1. The zero-order valence-electron chi connectivity index (χ0n) is 16.3. The van der Waals surface area contributed by atoms with E-state index in [-0.39, 0.29) is 11.8 Å². The molecule has 1 aliphatic carbocycles. The maximum Gasteiger partial charge on any atom is 0.220 e. The highest BCUT2D eigenvalue weighted by Gasteiger charge is 2.17. The molecule has 1 aromatic rings. The van der Waals surface area contributed by atoms with E-state index >= 15 is 0 Å². The van der Waals surface area contributed by atoms with Gasteiger partial charge in [0.25, 0.3) is 0 Å². The number of amides is 2. The summed E-state index contributed by atoms with van der Waals surface area (Å²) in [7, 11) is 0. The van der Waals surface area contributed by atoms with Gasteiger partial charge in [-0.2, -0.15) is 0 Å². The molecular formula is C22H30N2O3. The van der Waals surface area contributed by atoms with Gasteiger partial charge >= 0.3 is 0 Å². The van der Waals surface area contributed by atoms with Crippen molar-refractivity contribution >= 4 is 11.8 Å². The van der Waals surface area contributed by atoms with Crippen LogP contribution in [-0.2, 0) is 22.6 Å². The third-order valence-electron chi connectivity index (χ3n) is 5.34. The van der Waals surface area contributed by atoms with E-state index in [1.165, 1.54) is 31.3 Å². The van der Waals surface area contributed by atoms with E-state index in [9.17, 15) is 9.59 Å². The summed E-state index contributed by atoms with van der Waals surface area (Å²) in [6.07, 6.45) is 9.43. The Balaban J connectivity index is 1.47. The van der Waals surface area contributed by atoms with Gasteiger partial charge in [-0.1, -0.05) is 23.8 Å². The molecule has 0 aromatic heterocycles. The molecule has 0 saturated heterocycles.